The number of ether oxygens (including phenoxy) is 1. The van der Waals surface area contributed by atoms with Gasteiger partial charge in [-0.3, -0.25) is 0 Å². The van der Waals surface area contributed by atoms with Crippen molar-refractivity contribution < 1.29 is 14.6 Å². The topological polar surface area (TPSA) is 46.5 Å². The van der Waals surface area contributed by atoms with Crippen molar-refractivity contribution in [3.05, 3.63) is 0 Å². The molecule has 0 aromatic heterocycles. The lowest BCUT2D eigenvalue weighted by Crippen LogP contribution is -2.24. The fourth-order valence-corrected chi connectivity index (χ4v) is 0.385. The number of aliphatic hydroxyl groups is 1. The molecule has 0 spiro atoms. The van der Waals surface area contributed by atoms with Crippen LogP contribution in [0.15, 0.2) is 0 Å². The molecule has 0 atom stereocenters. The largest absolute Gasteiger partial charge is 0.422 e. The Bertz CT molecular complexity index is 93.9. The average molecular weight is 139 g/mol. The highest BCUT2D eigenvalue weighted by molar-refractivity contribution is 6.61. The van der Waals surface area contributed by atoms with Crippen molar-refractivity contribution >= 4 is 17.0 Å². The summed E-state index contributed by atoms with van der Waals surface area (Å²) in [6.45, 7) is 2.63. The molecule has 0 aliphatic rings. The first kappa shape index (κ1) is 7.72. The lowest BCUT2D eigenvalue weighted by Gasteiger charge is -2.14. The molecule has 4 heteroatoms. The van der Waals surface area contributed by atoms with Crippen LogP contribution in [-0.2, 0) is 4.74 Å². The molecule has 0 unspecified atom stereocenters. The molecule has 0 fully saturated rings. The van der Waals surface area contributed by atoms with E-state index in [0.29, 0.717) is 0 Å². The quantitative estimate of drug-likeness (QED) is 0.436. The molecule has 0 saturated heterocycles. The minimum Gasteiger partial charge on any atom is -0.422 e. The molecule has 0 amide bonds. The summed E-state index contributed by atoms with van der Waals surface area (Å²) in [5.41, 5.74) is -1.00. The van der Waals surface area contributed by atoms with Crippen LogP contribution in [0.5, 0.6) is 0 Å². The van der Waals surface area contributed by atoms with Gasteiger partial charge < -0.3 is 9.84 Å². The van der Waals surface area contributed by atoms with Crippen molar-refractivity contribution in [2.75, 3.05) is 0 Å². The van der Waals surface area contributed by atoms with Gasteiger partial charge in [0.15, 0.2) is 0 Å². The van der Waals surface area contributed by atoms with Crippen molar-refractivity contribution in [1.82, 2.24) is 0 Å². The van der Waals surface area contributed by atoms with Crippen LogP contribution in [0.1, 0.15) is 13.8 Å². The molecule has 0 aromatic rings. The molecule has 1 N–H and O–H groups in total. The summed E-state index contributed by atoms with van der Waals surface area (Å²) in [5.74, 6) is -1.46. The predicted molar refractivity (Wildman–Crippen MR) is 28.6 cm³/mol. The molecular formula is C4H7ClO3. The number of carbonyl (C=O) groups is 1. The summed E-state index contributed by atoms with van der Waals surface area (Å²) in [7, 11) is 0. The number of halogens is 1. The molecule has 0 rings (SSSR count). The third-order valence-corrected chi connectivity index (χ3v) is 0.407. The van der Waals surface area contributed by atoms with Gasteiger partial charge in [0.25, 0.3) is 0 Å². The maximum atomic E-state index is 9.84. The third-order valence-electron chi connectivity index (χ3n) is 0.330. The molecular weight excluding hydrogens is 131 g/mol. The standard InChI is InChI=1S/C4H7ClO3/c1-4(2,7)8-3(5)6/h7H,1-2H3. The molecule has 0 radical (unpaired) electrons. The van der Waals surface area contributed by atoms with E-state index in [0.717, 1.165) is 0 Å². The van der Waals surface area contributed by atoms with Crippen LogP contribution in [0.2, 0.25) is 0 Å². The maximum absolute atomic E-state index is 9.84. The van der Waals surface area contributed by atoms with Gasteiger partial charge in [0.1, 0.15) is 0 Å². The van der Waals surface area contributed by atoms with Crippen molar-refractivity contribution in [3.8, 4) is 0 Å². The Labute approximate surface area is 52.2 Å². The summed E-state index contributed by atoms with van der Waals surface area (Å²) in [5, 5.41) is 8.66. The van der Waals surface area contributed by atoms with Crippen LogP contribution >= 0.6 is 11.6 Å². The zero-order valence-corrected chi connectivity index (χ0v) is 5.40. The summed E-state index contributed by atoms with van der Waals surface area (Å²) in [6, 6.07) is 0. The Morgan fingerprint density at radius 3 is 2.12 bits per heavy atom. The number of carbonyl (C=O) groups excluding carboxylic acids is 1. The molecule has 0 aliphatic carbocycles. The monoisotopic (exact) mass is 138 g/mol. The van der Waals surface area contributed by atoms with E-state index in [2.05, 4.69) is 4.74 Å². The maximum Gasteiger partial charge on any atom is 0.406 e. The van der Waals surface area contributed by atoms with Gasteiger partial charge in [-0.15, -0.1) is 0 Å². The third kappa shape index (κ3) is 5.72. The summed E-state index contributed by atoms with van der Waals surface area (Å²) in [6.07, 6.45) is 0. The van der Waals surface area contributed by atoms with E-state index in [1.165, 1.54) is 13.8 Å². The lowest BCUT2D eigenvalue weighted by atomic mass is 10.4. The number of hydrogen-bond donors (Lipinski definition) is 1. The average Bonchev–Trinajstić information content (AvgIpc) is 1.21. The van der Waals surface area contributed by atoms with Gasteiger partial charge in [0.2, 0.25) is 5.79 Å². The minimum atomic E-state index is -1.46. The van der Waals surface area contributed by atoms with Gasteiger partial charge in [-0.05, 0) is 0 Å². The summed E-state index contributed by atoms with van der Waals surface area (Å²) < 4.78 is 4.12. The van der Waals surface area contributed by atoms with Gasteiger partial charge in [-0.25, -0.2) is 4.79 Å². The highest BCUT2D eigenvalue weighted by Gasteiger charge is 2.15. The second-order valence-corrected chi connectivity index (χ2v) is 2.10. The smallest absolute Gasteiger partial charge is 0.406 e. The molecule has 0 bridgehead atoms. The van der Waals surface area contributed by atoms with E-state index >= 15 is 0 Å². The van der Waals surface area contributed by atoms with Crippen LogP contribution in [0.4, 0.5) is 4.79 Å². The van der Waals surface area contributed by atoms with Gasteiger partial charge >= 0.3 is 5.43 Å². The Hall–Kier alpha value is -0.280. The molecule has 0 aliphatic heterocycles. The highest BCUT2D eigenvalue weighted by atomic mass is 35.5. The molecule has 3 nitrogen and oxygen atoms in total. The summed E-state index contributed by atoms with van der Waals surface area (Å²) in [4.78, 5) is 9.84. The van der Waals surface area contributed by atoms with Gasteiger partial charge in [0, 0.05) is 25.4 Å². The Kier molecular flexibility index (Phi) is 2.25. The summed E-state index contributed by atoms with van der Waals surface area (Å²) >= 11 is 4.74. The van der Waals surface area contributed by atoms with Gasteiger partial charge in [-0.2, -0.15) is 0 Å². The first-order valence-electron chi connectivity index (χ1n) is 2.02. The van der Waals surface area contributed by atoms with Crippen LogP contribution < -0.4 is 0 Å². The van der Waals surface area contributed by atoms with E-state index in [1.54, 1.807) is 0 Å². The van der Waals surface area contributed by atoms with Crippen molar-refractivity contribution in [2.45, 2.75) is 19.6 Å². The zero-order chi connectivity index (χ0) is 6.78. The van der Waals surface area contributed by atoms with Crippen molar-refractivity contribution in [1.29, 1.82) is 0 Å². The van der Waals surface area contributed by atoms with Crippen LogP contribution in [0.3, 0.4) is 0 Å². The van der Waals surface area contributed by atoms with E-state index in [9.17, 15) is 4.79 Å². The Morgan fingerprint density at radius 2 is 2.12 bits per heavy atom. The SMILES string of the molecule is CC(C)(O)OC(=O)Cl. The van der Waals surface area contributed by atoms with Crippen LogP contribution in [0.25, 0.3) is 0 Å². The zero-order valence-electron chi connectivity index (χ0n) is 4.64. The first-order valence-corrected chi connectivity index (χ1v) is 2.40. The molecule has 0 aromatic carbocycles. The van der Waals surface area contributed by atoms with Crippen LogP contribution in [-0.4, -0.2) is 16.3 Å². The van der Waals surface area contributed by atoms with Crippen molar-refractivity contribution in [3.63, 3.8) is 0 Å². The van der Waals surface area contributed by atoms with Crippen LogP contribution in [0, 0.1) is 0 Å². The normalized spacial score (nSPS) is 11.0. The Morgan fingerprint density at radius 1 is 1.75 bits per heavy atom. The van der Waals surface area contributed by atoms with Gasteiger partial charge in [-0.1, -0.05) is 0 Å². The first-order chi connectivity index (χ1) is 3.42. The molecule has 8 heavy (non-hydrogen) atoms. The fourth-order valence-electron chi connectivity index (χ4n) is 0.196. The van der Waals surface area contributed by atoms with Crippen molar-refractivity contribution in [2.24, 2.45) is 0 Å². The minimum absolute atomic E-state index is 1.00. The lowest BCUT2D eigenvalue weighted by molar-refractivity contribution is -0.123. The number of hydrogen-bond acceptors (Lipinski definition) is 3. The van der Waals surface area contributed by atoms with E-state index in [4.69, 9.17) is 16.7 Å². The second kappa shape index (κ2) is 2.33. The van der Waals surface area contributed by atoms with Gasteiger partial charge in [0.05, 0.1) is 0 Å². The van der Waals surface area contributed by atoms with E-state index < -0.39 is 11.2 Å². The van der Waals surface area contributed by atoms with E-state index in [1.807, 2.05) is 0 Å². The molecule has 48 valence electrons. The second-order valence-electron chi connectivity index (χ2n) is 1.79. The van der Waals surface area contributed by atoms with E-state index in [-0.39, 0.29) is 0 Å². The fraction of sp³-hybridized carbons (Fsp3) is 0.750. The molecule has 0 heterocycles. The Balaban J connectivity index is 3.55. The predicted octanol–water partition coefficient (Wildman–Crippen LogP) is 1.09. The highest BCUT2D eigenvalue weighted by Crippen LogP contribution is 2.04. The molecule has 0 saturated carbocycles. The number of rotatable bonds is 1.